The fourth-order valence-corrected chi connectivity index (χ4v) is 1.31. The molecule has 0 saturated carbocycles. The van der Waals surface area contributed by atoms with Crippen molar-refractivity contribution >= 4 is 5.97 Å². The van der Waals surface area contributed by atoms with E-state index in [0.29, 0.717) is 18.9 Å². The van der Waals surface area contributed by atoms with Crippen molar-refractivity contribution in [2.24, 2.45) is 11.7 Å². The zero-order valence-corrected chi connectivity index (χ0v) is 9.85. The van der Waals surface area contributed by atoms with E-state index in [2.05, 4.69) is 0 Å². The van der Waals surface area contributed by atoms with Crippen LogP contribution in [0.25, 0.3) is 0 Å². The summed E-state index contributed by atoms with van der Waals surface area (Å²) in [5.41, 5.74) is 6.81. The summed E-state index contributed by atoms with van der Waals surface area (Å²) < 4.78 is 5.07. The van der Waals surface area contributed by atoms with Gasteiger partial charge >= 0.3 is 5.97 Å². The van der Waals surface area contributed by atoms with Crippen LogP contribution >= 0.6 is 0 Å². The van der Waals surface area contributed by atoms with Gasteiger partial charge in [0.1, 0.15) is 6.04 Å². The molecular formula is C13H19NO2. The smallest absolute Gasteiger partial charge is 0.323 e. The minimum Gasteiger partial charge on any atom is -0.464 e. The van der Waals surface area contributed by atoms with Crippen LogP contribution in [0.5, 0.6) is 0 Å². The molecule has 88 valence electrons. The molecule has 1 unspecified atom stereocenters. The van der Waals surface area contributed by atoms with Crippen LogP contribution in [-0.4, -0.2) is 18.6 Å². The van der Waals surface area contributed by atoms with Crippen molar-refractivity contribution in [3.8, 4) is 0 Å². The van der Waals surface area contributed by atoms with Gasteiger partial charge in [-0.1, -0.05) is 44.2 Å². The van der Waals surface area contributed by atoms with E-state index in [9.17, 15) is 4.79 Å². The van der Waals surface area contributed by atoms with Crippen molar-refractivity contribution in [2.45, 2.75) is 26.3 Å². The molecule has 0 bridgehead atoms. The number of hydrogen-bond donors (Lipinski definition) is 1. The van der Waals surface area contributed by atoms with Crippen molar-refractivity contribution in [3.05, 3.63) is 35.9 Å². The normalized spacial score (nSPS) is 12.5. The molecule has 0 fully saturated rings. The summed E-state index contributed by atoms with van der Waals surface area (Å²) >= 11 is 0. The van der Waals surface area contributed by atoms with Crippen LogP contribution in [0.4, 0.5) is 0 Å². The Morgan fingerprint density at radius 3 is 2.50 bits per heavy atom. The Labute approximate surface area is 96.6 Å². The maximum atomic E-state index is 11.5. The Hall–Kier alpha value is -1.35. The van der Waals surface area contributed by atoms with E-state index in [0.717, 1.165) is 5.56 Å². The van der Waals surface area contributed by atoms with E-state index in [4.69, 9.17) is 10.5 Å². The van der Waals surface area contributed by atoms with Crippen LogP contribution in [0.15, 0.2) is 30.3 Å². The topological polar surface area (TPSA) is 52.3 Å². The summed E-state index contributed by atoms with van der Waals surface area (Å²) in [7, 11) is 0. The molecule has 0 aliphatic heterocycles. The molecule has 16 heavy (non-hydrogen) atoms. The highest BCUT2D eigenvalue weighted by Gasteiger charge is 2.15. The lowest BCUT2D eigenvalue weighted by molar-refractivity contribution is -0.146. The van der Waals surface area contributed by atoms with Crippen molar-refractivity contribution in [2.75, 3.05) is 6.61 Å². The first-order chi connectivity index (χ1) is 7.59. The number of nitrogens with two attached hydrogens (primary N) is 1. The zero-order valence-electron chi connectivity index (χ0n) is 9.85. The molecule has 3 heteroatoms. The third-order valence-electron chi connectivity index (χ3n) is 2.16. The maximum absolute atomic E-state index is 11.5. The molecule has 0 aromatic heterocycles. The highest BCUT2D eigenvalue weighted by molar-refractivity contribution is 5.75. The van der Waals surface area contributed by atoms with Crippen LogP contribution in [0.1, 0.15) is 19.4 Å². The molecule has 1 rings (SSSR count). The van der Waals surface area contributed by atoms with E-state index >= 15 is 0 Å². The van der Waals surface area contributed by atoms with E-state index in [1.54, 1.807) is 0 Å². The Balaban J connectivity index is 2.40. The molecule has 0 spiro atoms. The number of carbonyl (C=O) groups excluding carboxylic acids is 1. The molecule has 0 radical (unpaired) electrons. The second-order valence-corrected chi connectivity index (χ2v) is 4.32. The molecule has 0 aliphatic carbocycles. The SMILES string of the molecule is CC(C)COC(=O)C(N)Cc1ccccc1. The first-order valence-electron chi connectivity index (χ1n) is 5.55. The monoisotopic (exact) mass is 221 g/mol. The Morgan fingerprint density at radius 2 is 1.94 bits per heavy atom. The van der Waals surface area contributed by atoms with Crippen LogP contribution in [-0.2, 0) is 16.0 Å². The van der Waals surface area contributed by atoms with Crippen molar-refractivity contribution in [3.63, 3.8) is 0 Å². The van der Waals surface area contributed by atoms with Gasteiger partial charge in [-0.2, -0.15) is 0 Å². The first-order valence-corrected chi connectivity index (χ1v) is 5.55. The highest BCUT2D eigenvalue weighted by Crippen LogP contribution is 2.03. The number of ether oxygens (including phenoxy) is 1. The van der Waals surface area contributed by atoms with E-state index in [-0.39, 0.29) is 5.97 Å². The summed E-state index contributed by atoms with van der Waals surface area (Å²) in [6.07, 6.45) is 0.526. The first kappa shape index (κ1) is 12.7. The summed E-state index contributed by atoms with van der Waals surface area (Å²) in [6.45, 7) is 4.42. The Bertz CT molecular complexity index is 322. The minimum atomic E-state index is -0.568. The molecule has 0 amide bonds. The molecule has 0 heterocycles. The number of rotatable bonds is 5. The van der Waals surface area contributed by atoms with Gasteiger partial charge in [0.2, 0.25) is 0 Å². The number of carbonyl (C=O) groups is 1. The van der Waals surface area contributed by atoms with Crippen molar-refractivity contribution < 1.29 is 9.53 Å². The van der Waals surface area contributed by atoms with Gasteiger partial charge in [0.05, 0.1) is 6.61 Å². The molecule has 2 N–H and O–H groups in total. The van der Waals surface area contributed by atoms with Gasteiger partial charge in [0.15, 0.2) is 0 Å². The van der Waals surface area contributed by atoms with Gasteiger partial charge in [0, 0.05) is 0 Å². The van der Waals surface area contributed by atoms with Gasteiger partial charge in [-0.05, 0) is 17.9 Å². The average Bonchev–Trinajstić information content (AvgIpc) is 2.27. The largest absolute Gasteiger partial charge is 0.464 e. The fraction of sp³-hybridized carbons (Fsp3) is 0.462. The summed E-state index contributed by atoms with van der Waals surface area (Å²) in [6, 6.07) is 9.14. The Morgan fingerprint density at radius 1 is 1.31 bits per heavy atom. The predicted octanol–water partition coefficient (Wildman–Crippen LogP) is 1.76. The molecular weight excluding hydrogens is 202 g/mol. The lowest BCUT2D eigenvalue weighted by Crippen LogP contribution is -2.35. The summed E-state index contributed by atoms with van der Waals surface area (Å²) in [5.74, 6) is 0.0189. The molecule has 1 atom stereocenters. The number of hydrogen-bond acceptors (Lipinski definition) is 3. The molecule has 1 aromatic rings. The molecule has 0 aliphatic rings. The highest BCUT2D eigenvalue weighted by atomic mass is 16.5. The van der Waals surface area contributed by atoms with Gasteiger partial charge < -0.3 is 10.5 Å². The lowest BCUT2D eigenvalue weighted by atomic mass is 10.1. The standard InChI is InChI=1S/C13H19NO2/c1-10(2)9-16-13(15)12(14)8-11-6-4-3-5-7-11/h3-7,10,12H,8-9,14H2,1-2H3. The van der Waals surface area contributed by atoms with Crippen LogP contribution in [0.3, 0.4) is 0 Å². The molecule has 0 saturated heterocycles. The molecule has 3 nitrogen and oxygen atoms in total. The maximum Gasteiger partial charge on any atom is 0.323 e. The van der Waals surface area contributed by atoms with E-state index in [1.165, 1.54) is 0 Å². The van der Waals surface area contributed by atoms with Crippen LogP contribution < -0.4 is 5.73 Å². The van der Waals surface area contributed by atoms with Crippen molar-refractivity contribution in [1.82, 2.24) is 0 Å². The zero-order chi connectivity index (χ0) is 12.0. The lowest BCUT2D eigenvalue weighted by Gasteiger charge is -2.12. The van der Waals surface area contributed by atoms with E-state index in [1.807, 2.05) is 44.2 Å². The number of benzene rings is 1. The minimum absolute atomic E-state index is 0.322. The quantitative estimate of drug-likeness (QED) is 0.771. The van der Waals surface area contributed by atoms with Gasteiger partial charge in [-0.25, -0.2) is 0 Å². The average molecular weight is 221 g/mol. The molecule has 1 aromatic carbocycles. The second kappa shape index (κ2) is 6.28. The Kier molecular flexibility index (Phi) is 4.99. The third-order valence-corrected chi connectivity index (χ3v) is 2.16. The van der Waals surface area contributed by atoms with Crippen LogP contribution in [0, 0.1) is 5.92 Å². The summed E-state index contributed by atoms with van der Waals surface area (Å²) in [5, 5.41) is 0. The van der Waals surface area contributed by atoms with Gasteiger partial charge in [-0.3, -0.25) is 4.79 Å². The second-order valence-electron chi connectivity index (χ2n) is 4.32. The number of esters is 1. The fourth-order valence-electron chi connectivity index (χ4n) is 1.31. The van der Waals surface area contributed by atoms with Gasteiger partial charge in [0.25, 0.3) is 0 Å². The van der Waals surface area contributed by atoms with Crippen LogP contribution in [0.2, 0.25) is 0 Å². The predicted molar refractivity (Wildman–Crippen MR) is 63.9 cm³/mol. The van der Waals surface area contributed by atoms with E-state index < -0.39 is 6.04 Å². The summed E-state index contributed by atoms with van der Waals surface area (Å²) in [4.78, 5) is 11.5. The van der Waals surface area contributed by atoms with Gasteiger partial charge in [-0.15, -0.1) is 0 Å². The van der Waals surface area contributed by atoms with Crippen molar-refractivity contribution in [1.29, 1.82) is 0 Å². The third kappa shape index (κ3) is 4.45.